The van der Waals surface area contributed by atoms with E-state index in [-0.39, 0.29) is 11.5 Å². The van der Waals surface area contributed by atoms with Gasteiger partial charge in [-0.1, -0.05) is 6.07 Å². The van der Waals surface area contributed by atoms with Crippen LogP contribution in [0.15, 0.2) is 12.1 Å². The first-order chi connectivity index (χ1) is 15.6. The summed E-state index contributed by atoms with van der Waals surface area (Å²) >= 11 is 0. The summed E-state index contributed by atoms with van der Waals surface area (Å²) in [6.45, 7) is 9.22. The molecule has 1 aromatic heterocycles. The number of aromatic nitrogens is 1. The van der Waals surface area contributed by atoms with Crippen LogP contribution >= 0.6 is 0 Å². The second kappa shape index (κ2) is 9.14. The lowest BCUT2D eigenvalue weighted by molar-refractivity contribution is -0.00294. The number of nitrogens with zero attached hydrogens (tertiary/aromatic N) is 4. The lowest BCUT2D eigenvalue weighted by atomic mass is 9.78. The van der Waals surface area contributed by atoms with Gasteiger partial charge in [-0.05, 0) is 56.6 Å². The Morgan fingerprint density at radius 2 is 1.94 bits per heavy atom. The van der Waals surface area contributed by atoms with Gasteiger partial charge in [-0.2, -0.15) is 4.39 Å². The molecule has 1 amide bonds. The number of rotatable bonds is 4. The van der Waals surface area contributed by atoms with Crippen molar-refractivity contribution < 1.29 is 18.7 Å². The number of halogens is 1. The summed E-state index contributed by atoms with van der Waals surface area (Å²) in [6, 6.07) is 4.02. The molecule has 1 saturated carbocycles. The molecule has 1 aromatic rings. The van der Waals surface area contributed by atoms with Gasteiger partial charge < -0.3 is 19.3 Å². The van der Waals surface area contributed by atoms with Gasteiger partial charge in [0.1, 0.15) is 5.82 Å². The fourth-order valence-corrected chi connectivity index (χ4v) is 6.20. The van der Waals surface area contributed by atoms with Gasteiger partial charge >= 0.3 is 6.09 Å². The maximum absolute atomic E-state index is 14.0. The fourth-order valence-electron chi connectivity index (χ4n) is 6.20. The molecule has 1 spiro atoms. The topological polar surface area (TPSA) is 58.1 Å². The Balaban J connectivity index is 1.17. The average Bonchev–Trinajstić information content (AvgIpc) is 3.25. The standard InChI is InChI=1S/C24H35FN4O3/c1-2-32-23(30)29-16-24(17-29)8-5-19(15-24)27-9-11-28(12-10-27)22-20(3-4-21(25)26-22)18-6-13-31-14-7-18/h3-4,18-19H,2,5-17H2,1H3/t19-/m1/s1. The maximum Gasteiger partial charge on any atom is 0.409 e. The molecule has 176 valence electrons. The number of pyridine rings is 1. The minimum atomic E-state index is -0.396. The molecular formula is C24H35FN4O3. The summed E-state index contributed by atoms with van der Waals surface area (Å²) in [7, 11) is 0. The minimum absolute atomic E-state index is 0.168. The van der Waals surface area contributed by atoms with Gasteiger partial charge in [0.2, 0.25) is 5.95 Å². The van der Waals surface area contributed by atoms with Crippen molar-refractivity contribution in [3.63, 3.8) is 0 Å². The van der Waals surface area contributed by atoms with Crippen LogP contribution in [0, 0.1) is 11.4 Å². The van der Waals surface area contributed by atoms with Crippen molar-refractivity contribution in [3.05, 3.63) is 23.6 Å². The van der Waals surface area contributed by atoms with Crippen molar-refractivity contribution >= 4 is 11.9 Å². The summed E-state index contributed by atoms with van der Waals surface area (Å²) in [6.07, 6.45) is 5.34. The van der Waals surface area contributed by atoms with Gasteiger partial charge in [0.05, 0.1) is 6.61 Å². The van der Waals surface area contributed by atoms with E-state index >= 15 is 0 Å². The number of carbonyl (C=O) groups excluding carboxylic acids is 1. The van der Waals surface area contributed by atoms with E-state index in [1.165, 1.54) is 24.5 Å². The predicted molar refractivity (Wildman–Crippen MR) is 119 cm³/mol. The summed E-state index contributed by atoms with van der Waals surface area (Å²) in [4.78, 5) is 23.0. The minimum Gasteiger partial charge on any atom is -0.450 e. The highest BCUT2D eigenvalue weighted by atomic mass is 19.1. The van der Waals surface area contributed by atoms with Crippen molar-refractivity contribution in [3.8, 4) is 0 Å². The number of amides is 1. The number of hydrogen-bond donors (Lipinski definition) is 0. The smallest absolute Gasteiger partial charge is 0.409 e. The van der Waals surface area contributed by atoms with Gasteiger partial charge in [0, 0.05) is 63.9 Å². The molecule has 4 aliphatic rings. The second-order valence-electron chi connectivity index (χ2n) is 9.91. The third-order valence-electron chi connectivity index (χ3n) is 7.92. The number of likely N-dealkylation sites (tertiary alicyclic amines) is 1. The zero-order valence-corrected chi connectivity index (χ0v) is 19.1. The Labute approximate surface area is 189 Å². The van der Waals surface area contributed by atoms with E-state index in [2.05, 4.69) is 14.8 Å². The van der Waals surface area contributed by atoms with E-state index in [1.54, 1.807) is 0 Å². The first-order valence-electron chi connectivity index (χ1n) is 12.2. The second-order valence-corrected chi connectivity index (χ2v) is 9.91. The van der Waals surface area contributed by atoms with E-state index in [1.807, 2.05) is 17.9 Å². The molecule has 1 atom stereocenters. The van der Waals surface area contributed by atoms with E-state index in [4.69, 9.17) is 9.47 Å². The lowest BCUT2D eigenvalue weighted by Crippen LogP contribution is -2.58. The Bertz CT molecular complexity index is 817. The largest absolute Gasteiger partial charge is 0.450 e. The Hall–Kier alpha value is -1.93. The van der Waals surface area contributed by atoms with Crippen molar-refractivity contribution in [2.75, 3.05) is 64.0 Å². The van der Waals surface area contributed by atoms with E-state index < -0.39 is 5.95 Å². The third-order valence-corrected chi connectivity index (χ3v) is 7.92. The molecule has 5 rings (SSSR count). The zero-order chi connectivity index (χ0) is 22.1. The maximum atomic E-state index is 14.0. The molecule has 1 aliphatic carbocycles. The van der Waals surface area contributed by atoms with Crippen LogP contribution in [0.4, 0.5) is 15.0 Å². The van der Waals surface area contributed by atoms with Gasteiger partial charge in [0.15, 0.2) is 0 Å². The van der Waals surface area contributed by atoms with Crippen LogP contribution in [0.1, 0.15) is 50.5 Å². The zero-order valence-electron chi connectivity index (χ0n) is 19.1. The van der Waals surface area contributed by atoms with Gasteiger partial charge in [-0.15, -0.1) is 0 Å². The van der Waals surface area contributed by atoms with Crippen LogP contribution in [0.25, 0.3) is 0 Å². The number of carbonyl (C=O) groups is 1. The fraction of sp³-hybridized carbons (Fsp3) is 0.750. The lowest BCUT2D eigenvalue weighted by Gasteiger charge is -2.48. The Morgan fingerprint density at radius 3 is 2.66 bits per heavy atom. The van der Waals surface area contributed by atoms with Crippen LogP contribution < -0.4 is 4.90 Å². The number of anilines is 1. The molecular weight excluding hydrogens is 411 g/mol. The SMILES string of the molecule is CCOC(=O)N1CC2(CC[C@@H](N3CCN(c4nc(F)ccc4C4CCOCC4)CC3)C2)C1. The first-order valence-corrected chi connectivity index (χ1v) is 12.2. The number of hydrogen-bond acceptors (Lipinski definition) is 6. The van der Waals surface area contributed by atoms with Crippen LogP contribution in [0.5, 0.6) is 0 Å². The molecule has 32 heavy (non-hydrogen) atoms. The quantitative estimate of drug-likeness (QED) is 0.662. The van der Waals surface area contributed by atoms with Gasteiger partial charge in [-0.3, -0.25) is 4.90 Å². The van der Waals surface area contributed by atoms with Crippen LogP contribution in [0.3, 0.4) is 0 Å². The Morgan fingerprint density at radius 1 is 1.19 bits per heavy atom. The van der Waals surface area contributed by atoms with E-state index in [0.717, 1.165) is 77.6 Å². The molecule has 0 aromatic carbocycles. The summed E-state index contributed by atoms with van der Waals surface area (Å²) < 4.78 is 24.7. The highest BCUT2D eigenvalue weighted by molar-refractivity contribution is 5.69. The number of ether oxygens (including phenoxy) is 2. The summed E-state index contributed by atoms with van der Waals surface area (Å²) in [5, 5.41) is 0. The molecule has 4 heterocycles. The normalized spacial score (nSPS) is 26.4. The molecule has 0 bridgehead atoms. The average molecular weight is 447 g/mol. The third kappa shape index (κ3) is 4.31. The first kappa shape index (κ1) is 21.9. The highest BCUT2D eigenvalue weighted by Crippen LogP contribution is 2.47. The molecule has 3 saturated heterocycles. The van der Waals surface area contributed by atoms with Crippen molar-refractivity contribution in [1.29, 1.82) is 0 Å². The molecule has 4 fully saturated rings. The monoisotopic (exact) mass is 446 g/mol. The van der Waals surface area contributed by atoms with Crippen LogP contribution in [-0.2, 0) is 9.47 Å². The number of piperazine rings is 1. The van der Waals surface area contributed by atoms with Gasteiger partial charge in [-0.25, -0.2) is 9.78 Å². The summed E-state index contributed by atoms with van der Waals surface area (Å²) in [5.74, 6) is 0.844. The van der Waals surface area contributed by atoms with E-state index in [0.29, 0.717) is 18.6 Å². The van der Waals surface area contributed by atoms with Crippen LogP contribution in [0.2, 0.25) is 0 Å². The van der Waals surface area contributed by atoms with E-state index in [9.17, 15) is 9.18 Å². The van der Waals surface area contributed by atoms with Crippen molar-refractivity contribution in [2.45, 2.75) is 51.0 Å². The molecule has 0 radical (unpaired) electrons. The molecule has 0 unspecified atom stereocenters. The Kier molecular flexibility index (Phi) is 6.25. The predicted octanol–water partition coefficient (Wildman–Crippen LogP) is 3.25. The van der Waals surface area contributed by atoms with Crippen molar-refractivity contribution in [1.82, 2.24) is 14.8 Å². The van der Waals surface area contributed by atoms with Crippen molar-refractivity contribution in [2.24, 2.45) is 5.41 Å². The van der Waals surface area contributed by atoms with Crippen LogP contribution in [-0.4, -0.2) is 86.0 Å². The molecule has 0 N–H and O–H groups in total. The highest BCUT2D eigenvalue weighted by Gasteiger charge is 2.51. The molecule has 8 heteroatoms. The molecule has 3 aliphatic heterocycles. The molecule has 7 nitrogen and oxygen atoms in total. The van der Waals surface area contributed by atoms with Gasteiger partial charge in [0.25, 0.3) is 0 Å². The summed E-state index contributed by atoms with van der Waals surface area (Å²) in [5.41, 5.74) is 1.46.